The minimum absolute atomic E-state index is 0.102. The predicted octanol–water partition coefficient (Wildman–Crippen LogP) is 4.03. The first-order chi connectivity index (χ1) is 13.2. The van der Waals surface area contributed by atoms with Gasteiger partial charge in [-0.1, -0.05) is 0 Å². The molecule has 0 amide bonds. The summed E-state index contributed by atoms with van der Waals surface area (Å²) in [6.45, 7) is 5.33. The molecule has 1 aliphatic heterocycles. The maximum absolute atomic E-state index is 13.3. The van der Waals surface area contributed by atoms with Crippen molar-refractivity contribution in [3.8, 4) is 23.0 Å². The van der Waals surface area contributed by atoms with Crippen LogP contribution in [0.15, 0.2) is 36.4 Å². The van der Waals surface area contributed by atoms with Gasteiger partial charge >= 0.3 is 0 Å². The molecule has 0 radical (unpaired) electrons. The molecule has 0 unspecified atom stereocenters. The molecular weight excluding hydrogens is 346 g/mol. The van der Waals surface area contributed by atoms with Gasteiger partial charge in [0.2, 0.25) is 12.6 Å². The zero-order valence-corrected chi connectivity index (χ0v) is 15.6. The minimum atomic E-state index is -0.102. The van der Waals surface area contributed by atoms with Gasteiger partial charge < -0.3 is 23.5 Å². The van der Waals surface area contributed by atoms with Crippen LogP contribution in [0.2, 0.25) is 0 Å². The van der Waals surface area contributed by atoms with E-state index in [0.717, 1.165) is 16.7 Å². The van der Waals surface area contributed by atoms with Crippen LogP contribution in [0, 0.1) is 0 Å². The number of hydrogen-bond donors (Lipinski definition) is 0. The van der Waals surface area contributed by atoms with Crippen molar-refractivity contribution in [1.29, 1.82) is 0 Å². The molecule has 0 fully saturated rings. The molecule has 0 bridgehead atoms. The SMILES string of the molecule is CCOc1ccc(C(=O)c2c(OC)c3cc4c(cc3n2CC)OCO4)cc1. The second-order valence-corrected chi connectivity index (χ2v) is 6.14. The average Bonchev–Trinajstić information content (AvgIpc) is 3.27. The highest BCUT2D eigenvalue weighted by Gasteiger charge is 2.27. The van der Waals surface area contributed by atoms with Gasteiger partial charge in [0.05, 0.1) is 19.2 Å². The second-order valence-electron chi connectivity index (χ2n) is 6.14. The molecule has 2 aromatic carbocycles. The molecule has 4 rings (SSSR count). The molecule has 0 saturated heterocycles. The largest absolute Gasteiger partial charge is 0.494 e. The Bertz CT molecular complexity index is 955. The summed E-state index contributed by atoms with van der Waals surface area (Å²) in [6.07, 6.45) is 0. The van der Waals surface area contributed by atoms with E-state index in [0.29, 0.717) is 41.7 Å². The Labute approximate surface area is 157 Å². The standard InChI is InChI=1S/C21H21NO5/c1-4-22-16-11-18-17(26-12-27-18)10-15(16)21(24-3)19(22)20(23)13-6-8-14(9-7-13)25-5-2/h6-11H,4-5,12H2,1-3H3. The Morgan fingerprint density at radius 3 is 2.44 bits per heavy atom. The van der Waals surface area contributed by atoms with Gasteiger partial charge in [-0.15, -0.1) is 0 Å². The van der Waals surface area contributed by atoms with E-state index in [2.05, 4.69) is 0 Å². The van der Waals surface area contributed by atoms with Crippen LogP contribution in [-0.2, 0) is 6.54 Å². The van der Waals surface area contributed by atoms with Crippen molar-refractivity contribution >= 4 is 16.7 Å². The van der Waals surface area contributed by atoms with E-state index in [1.807, 2.05) is 30.5 Å². The highest BCUT2D eigenvalue weighted by molar-refractivity contribution is 6.14. The predicted molar refractivity (Wildman–Crippen MR) is 101 cm³/mol. The van der Waals surface area contributed by atoms with E-state index in [4.69, 9.17) is 18.9 Å². The fourth-order valence-electron chi connectivity index (χ4n) is 3.47. The molecule has 1 aromatic heterocycles. The van der Waals surface area contributed by atoms with Gasteiger partial charge in [0.1, 0.15) is 11.4 Å². The maximum atomic E-state index is 13.3. The first-order valence-corrected chi connectivity index (χ1v) is 8.95. The number of fused-ring (bicyclic) bond motifs is 2. The number of aryl methyl sites for hydroxylation is 1. The van der Waals surface area contributed by atoms with Crippen molar-refractivity contribution in [3.63, 3.8) is 0 Å². The number of aromatic nitrogens is 1. The number of benzene rings is 2. The van der Waals surface area contributed by atoms with Crippen LogP contribution in [0.25, 0.3) is 10.9 Å². The maximum Gasteiger partial charge on any atom is 0.231 e. The molecule has 2 heterocycles. The summed E-state index contributed by atoms with van der Waals surface area (Å²) in [5.41, 5.74) is 1.98. The number of ether oxygens (including phenoxy) is 4. The first kappa shape index (κ1) is 17.3. The van der Waals surface area contributed by atoms with E-state index < -0.39 is 0 Å². The number of carbonyl (C=O) groups excluding carboxylic acids is 1. The molecule has 0 spiro atoms. The normalized spacial score (nSPS) is 12.4. The van der Waals surface area contributed by atoms with Crippen LogP contribution in [0.5, 0.6) is 23.0 Å². The lowest BCUT2D eigenvalue weighted by Crippen LogP contribution is -2.10. The van der Waals surface area contributed by atoms with Gasteiger partial charge in [-0.05, 0) is 44.2 Å². The van der Waals surface area contributed by atoms with Gasteiger partial charge in [-0.25, -0.2) is 0 Å². The topological polar surface area (TPSA) is 58.9 Å². The summed E-state index contributed by atoms with van der Waals surface area (Å²) < 4.78 is 24.0. The third-order valence-electron chi connectivity index (χ3n) is 4.67. The number of hydrogen-bond acceptors (Lipinski definition) is 5. The van der Waals surface area contributed by atoms with Crippen molar-refractivity contribution in [2.45, 2.75) is 20.4 Å². The molecule has 0 N–H and O–H groups in total. The third kappa shape index (κ3) is 2.77. The molecular formula is C21H21NO5. The van der Waals surface area contributed by atoms with Crippen molar-refractivity contribution in [2.24, 2.45) is 0 Å². The number of carbonyl (C=O) groups is 1. The Kier molecular flexibility index (Phi) is 4.39. The van der Waals surface area contributed by atoms with Crippen LogP contribution < -0.4 is 18.9 Å². The van der Waals surface area contributed by atoms with Crippen LogP contribution in [0.3, 0.4) is 0 Å². The lowest BCUT2D eigenvalue weighted by atomic mass is 10.1. The average molecular weight is 367 g/mol. The lowest BCUT2D eigenvalue weighted by molar-refractivity contribution is 0.102. The number of rotatable bonds is 6. The van der Waals surface area contributed by atoms with Gasteiger partial charge in [0, 0.05) is 23.6 Å². The summed E-state index contributed by atoms with van der Waals surface area (Å²) in [6, 6.07) is 10.9. The van der Waals surface area contributed by atoms with E-state index in [1.165, 1.54) is 0 Å². The van der Waals surface area contributed by atoms with Crippen molar-refractivity contribution in [1.82, 2.24) is 4.57 Å². The zero-order valence-electron chi connectivity index (χ0n) is 15.6. The minimum Gasteiger partial charge on any atom is -0.494 e. The quantitative estimate of drug-likeness (QED) is 0.616. The smallest absolute Gasteiger partial charge is 0.231 e. The monoisotopic (exact) mass is 367 g/mol. The van der Waals surface area contributed by atoms with Crippen molar-refractivity contribution in [2.75, 3.05) is 20.5 Å². The number of methoxy groups -OCH3 is 1. The lowest BCUT2D eigenvalue weighted by Gasteiger charge is -2.09. The van der Waals surface area contributed by atoms with Gasteiger partial charge in [-0.2, -0.15) is 0 Å². The number of nitrogens with zero attached hydrogens (tertiary/aromatic N) is 1. The summed E-state index contributed by atoms with van der Waals surface area (Å²) in [5, 5.41) is 0.831. The fourth-order valence-corrected chi connectivity index (χ4v) is 3.47. The van der Waals surface area contributed by atoms with Crippen molar-refractivity contribution in [3.05, 3.63) is 47.7 Å². The van der Waals surface area contributed by atoms with E-state index in [-0.39, 0.29) is 12.6 Å². The molecule has 1 aliphatic rings. The molecule has 0 atom stereocenters. The molecule has 140 valence electrons. The molecule has 3 aromatic rings. The Balaban J connectivity index is 1.86. The van der Waals surface area contributed by atoms with Crippen LogP contribution in [0.1, 0.15) is 29.9 Å². The fraction of sp³-hybridized carbons (Fsp3) is 0.286. The highest BCUT2D eigenvalue weighted by atomic mass is 16.7. The summed E-state index contributed by atoms with van der Waals surface area (Å²) >= 11 is 0. The van der Waals surface area contributed by atoms with Crippen LogP contribution in [-0.4, -0.2) is 30.9 Å². The third-order valence-corrected chi connectivity index (χ3v) is 4.67. The van der Waals surface area contributed by atoms with Crippen LogP contribution in [0.4, 0.5) is 0 Å². The Morgan fingerprint density at radius 2 is 1.81 bits per heavy atom. The van der Waals surface area contributed by atoms with E-state index in [9.17, 15) is 4.79 Å². The van der Waals surface area contributed by atoms with Gasteiger partial charge in [0.25, 0.3) is 0 Å². The highest BCUT2D eigenvalue weighted by Crippen LogP contribution is 2.42. The first-order valence-electron chi connectivity index (χ1n) is 8.95. The summed E-state index contributed by atoms with van der Waals surface area (Å²) in [4.78, 5) is 13.3. The summed E-state index contributed by atoms with van der Waals surface area (Å²) in [5.74, 6) is 2.52. The molecule has 27 heavy (non-hydrogen) atoms. The Hall–Kier alpha value is -3.15. The van der Waals surface area contributed by atoms with E-state index in [1.54, 1.807) is 31.4 Å². The second kappa shape index (κ2) is 6.87. The molecule has 6 heteroatoms. The number of ketones is 1. The van der Waals surface area contributed by atoms with Crippen molar-refractivity contribution < 1.29 is 23.7 Å². The molecule has 6 nitrogen and oxygen atoms in total. The summed E-state index contributed by atoms with van der Waals surface area (Å²) in [7, 11) is 1.58. The molecule has 0 aliphatic carbocycles. The Morgan fingerprint density at radius 1 is 1.11 bits per heavy atom. The van der Waals surface area contributed by atoms with Gasteiger partial charge in [-0.3, -0.25) is 4.79 Å². The zero-order chi connectivity index (χ0) is 19.0. The van der Waals surface area contributed by atoms with Gasteiger partial charge in [0.15, 0.2) is 17.2 Å². The van der Waals surface area contributed by atoms with E-state index >= 15 is 0 Å². The molecule has 0 saturated carbocycles. The van der Waals surface area contributed by atoms with Crippen LogP contribution >= 0.6 is 0 Å².